The lowest BCUT2D eigenvalue weighted by atomic mass is 10.2. The highest BCUT2D eigenvalue weighted by Gasteiger charge is 2.38. The third kappa shape index (κ3) is 4.02. The minimum absolute atomic E-state index is 0.236. The van der Waals surface area contributed by atoms with Gasteiger partial charge in [0.1, 0.15) is 11.6 Å². The Labute approximate surface area is 105 Å². The van der Waals surface area contributed by atoms with Crippen molar-refractivity contribution >= 4 is 22.7 Å². The Morgan fingerprint density at radius 2 is 1.79 bits per heavy atom. The summed E-state index contributed by atoms with van der Waals surface area (Å²) in [6, 6.07) is 8.60. The summed E-state index contributed by atoms with van der Waals surface area (Å²) in [5, 5.41) is 17.2. The number of benzene rings is 1. The molecule has 0 aliphatic rings. The minimum atomic E-state index is -5.08. The summed E-state index contributed by atoms with van der Waals surface area (Å²) in [6.45, 7) is 0. The first-order chi connectivity index (χ1) is 8.71. The molecule has 0 radical (unpaired) electrons. The maximum Gasteiger partial charge on any atom is 0.490 e. The van der Waals surface area contributed by atoms with Crippen LogP contribution in [0.1, 0.15) is 0 Å². The average molecular weight is 274 g/mol. The summed E-state index contributed by atoms with van der Waals surface area (Å²) in [7, 11) is 0. The van der Waals surface area contributed by atoms with E-state index in [1.165, 1.54) is 0 Å². The molecule has 0 saturated heterocycles. The van der Waals surface area contributed by atoms with Crippen LogP contribution in [0.2, 0.25) is 0 Å². The fourth-order valence-electron chi connectivity index (χ4n) is 1.15. The number of nitrogens with zero attached hydrogens (tertiary/aromatic N) is 1. The second kappa shape index (κ2) is 5.42. The molecule has 0 aliphatic heterocycles. The van der Waals surface area contributed by atoms with E-state index < -0.39 is 12.1 Å². The highest BCUT2D eigenvalue weighted by Crippen LogP contribution is 2.22. The second-order valence-electron chi connectivity index (χ2n) is 3.38. The molecule has 0 bridgehead atoms. The highest BCUT2D eigenvalue weighted by molar-refractivity contribution is 5.85. The number of aromatic hydroxyl groups is 1. The molecule has 8 heteroatoms. The number of phenols is 1. The monoisotopic (exact) mass is 274 g/mol. The Bertz CT molecular complexity index is 599. The number of hydrogen-bond acceptors (Lipinski definition) is 4. The fourth-order valence-corrected chi connectivity index (χ4v) is 1.15. The number of phenolic OH excluding ortho intramolecular Hbond substituents is 1. The number of anilines is 1. The van der Waals surface area contributed by atoms with Crippen molar-refractivity contribution in [1.29, 1.82) is 0 Å². The van der Waals surface area contributed by atoms with Crippen molar-refractivity contribution in [1.82, 2.24) is 4.98 Å². The smallest absolute Gasteiger partial charge is 0.490 e. The van der Waals surface area contributed by atoms with Gasteiger partial charge < -0.3 is 15.9 Å². The van der Waals surface area contributed by atoms with Gasteiger partial charge in [-0.2, -0.15) is 13.2 Å². The van der Waals surface area contributed by atoms with E-state index in [0.717, 1.165) is 10.9 Å². The summed E-state index contributed by atoms with van der Waals surface area (Å²) in [5.41, 5.74) is 6.20. The van der Waals surface area contributed by atoms with Crippen molar-refractivity contribution in [2.45, 2.75) is 6.18 Å². The molecule has 2 aromatic rings. The average Bonchev–Trinajstić information content (AvgIpc) is 2.28. The number of nitrogen functional groups attached to an aromatic ring is 1. The number of carbonyl (C=O) groups is 1. The molecular weight excluding hydrogens is 265 g/mol. The molecule has 0 unspecified atom stereocenters. The highest BCUT2D eigenvalue weighted by atomic mass is 19.4. The van der Waals surface area contributed by atoms with Crippen LogP contribution in [0.3, 0.4) is 0 Å². The molecule has 0 amide bonds. The van der Waals surface area contributed by atoms with Crippen LogP contribution < -0.4 is 5.73 Å². The number of aromatic nitrogens is 1. The SMILES string of the molecule is Nc1ccc2c(O)cccc2n1.O=C(O)C(F)(F)F. The normalized spacial score (nSPS) is 10.7. The molecule has 1 heterocycles. The van der Waals surface area contributed by atoms with E-state index in [9.17, 15) is 18.3 Å². The van der Waals surface area contributed by atoms with Crippen LogP contribution in [0.15, 0.2) is 30.3 Å². The topological polar surface area (TPSA) is 96.4 Å². The molecule has 5 nitrogen and oxygen atoms in total. The van der Waals surface area contributed by atoms with Gasteiger partial charge in [0.25, 0.3) is 0 Å². The standard InChI is InChI=1S/C9H8N2O.C2HF3O2/c10-9-5-4-6-7(11-9)2-1-3-8(6)12;3-2(4,5)1(6)7/h1-5,12H,(H2,10,11);(H,6,7). The summed E-state index contributed by atoms with van der Waals surface area (Å²) in [5.74, 6) is -2.05. The van der Waals surface area contributed by atoms with Gasteiger partial charge in [-0.25, -0.2) is 9.78 Å². The van der Waals surface area contributed by atoms with Crippen LogP contribution in [0.25, 0.3) is 10.9 Å². The zero-order valence-electron chi connectivity index (χ0n) is 9.35. The molecule has 2 rings (SSSR count). The molecule has 4 N–H and O–H groups in total. The van der Waals surface area contributed by atoms with Gasteiger partial charge in [0.15, 0.2) is 0 Å². The Morgan fingerprint density at radius 1 is 1.21 bits per heavy atom. The number of halogens is 3. The second-order valence-corrected chi connectivity index (χ2v) is 3.38. The molecule has 102 valence electrons. The summed E-state index contributed by atoms with van der Waals surface area (Å²) < 4.78 is 31.7. The predicted octanol–water partition coefficient (Wildman–Crippen LogP) is 2.16. The van der Waals surface area contributed by atoms with Gasteiger partial charge in [0.05, 0.1) is 5.52 Å². The van der Waals surface area contributed by atoms with E-state index in [-0.39, 0.29) is 5.75 Å². The number of hydrogen-bond donors (Lipinski definition) is 3. The van der Waals surface area contributed by atoms with Crippen molar-refractivity contribution in [3.63, 3.8) is 0 Å². The van der Waals surface area contributed by atoms with Crippen molar-refractivity contribution in [3.05, 3.63) is 30.3 Å². The van der Waals surface area contributed by atoms with E-state index in [2.05, 4.69) is 4.98 Å². The molecule has 0 fully saturated rings. The summed E-state index contributed by atoms with van der Waals surface area (Å²) in [6.07, 6.45) is -5.08. The first-order valence-electron chi connectivity index (χ1n) is 4.86. The van der Waals surface area contributed by atoms with Crippen molar-refractivity contribution in [3.8, 4) is 5.75 Å². The lowest BCUT2D eigenvalue weighted by Gasteiger charge is -1.99. The molecule has 0 spiro atoms. The first kappa shape index (κ1) is 14.6. The number of carboxylic acids is 1. The Morgan fingerprint density at radius 3 is 2.32 bits per heavy atom. The van der Waals surface area contributed by atoms with Gasteiger partial charge >= 0.3 is 12.1 Å². The molecule has 0 aliphatic carbocycles. The molecule has 19 heavy (non-hydrogen) atoms. The van der Waals surface area contributed by atoms with Crippen molar-refractivity contribution in [2.24, 2.45) is 0 Å². The zero-order chi connectivity index (χ0) is 14.6. The largest absolute Gasteiger partial charge is 0.507 e. The fraction of sp³-hybridized carbons (Fsp3) is 0.0909. The Balaban J connectivity index is 0.000000224. The van der Waals surface area contributed by atoms with E-state index in [1.54, 1.807) is 24.3 Å². The van der Waals surface area contributed by atoms with E-state index >= 15 is 0 Å². The van der Waals surface area contributed by atoms with E-state index in [0.29, 0.717) is 5.82 Å². The number of aliphatic carboxylic acids is 1. The minimum Gasteiger partial charge on any atom is -0.507 e. The third-order valence-electron chi connectivity index (χ3n) is 1.97. The van der Waals surface area contributed by atoms with Crippen LogP contribution in [0.4, 0.5) is 19.0 Å². The van der Waals surface area contributed by atoms with Crippen molar-refractivity contribution in [2.75, 3.05) is 5.73 Å². The van der Waals surface area contributed by atoms with E-state index in [1.807, 2.05) is 6.07 Å². The summed E-state index contributed by atoms with van der Waals surface area (Å²) >= 11 is 0. The van der Waals surface area contributed by atoms with Crippen LogP contribution in [-0.2, 0) is 4.79 Å². The Hall–Kier alpha value is -2.51. The summed E-state index contributed by atoms with van der Waals surface area (Å²) in [4.78, 5) is 13.0. The van der Waals surface area contributed by atoms with Gasteiger partial charge in [0.2, 0.25) is 0 Å². The first-order valence-corrected chi connectivity index (χ1v) is 4.86. The molecule has 0 saturated carbocycles. The quantitative estimate of drug-likeness (QED) is 0.684. The number of alkyl halides is 3. The van der Waals surface area contributed by atoms with Crippen LogP contribution in [-0.4, -0.2) is 27.3 Å². The van der Waals surface area contributed by atoms with E-state index in [4.69, 9.17) is 15.6 Å². The lowest BCUT2D eigenvalue weighted by Crippen LogP contribution is -2.21. The third-order valence-corrected chi connectivity index (χ3v) is 1.97. The number of carboxylic acid groups (broad SMARTS) is 1. The molecular formula is C11H9F3N2O3. The number of rotatable bonds is 0. The maximum absolute atomic E-state index is 10.6. The predicted molar refractivity (Wildman–Crippen MR) is 61.5 cm³/mol. The van der Waals surface area contributed by atoms with Gasteiger partial charge in [-0.3, -0.25) is 0 Å². The van der Waals surface area contributed by atoms with Gasteiger partial charge in [-0.05, 0) is 24.3 Å². The van der Waals surface area contributed by atoms with Gasteiger partial charge in [-0.15, -0.1) is 0 Å². The van der Waals surface area contributed by atoms with Crippen LogP contribution in [0.5, 0.6) is 5.75 Å². The van der Waals surface area contributed by atoms with Crippen molar-refractivity contribution < 1.29 is 28.2 Å². The molecule has 1 aromatic carbocycles. The van der Waals surface area contributed by atoms with Crippen LogP contribution in [0, 0.1) is 0 Å². The number of nitrogens with two attached hydrogens (primary N) is 1. The molecule has 1 aromatic heterocycles. The Kier molecular flexibility index (Phi) is 4.15. The molecule has 0 atom stereocenters. The van der Waals surface area contributed by atoms with Gasteiger partial charge in [0, 0.05) is 5.39 Å². The number of fused-ring (bicyclic) bond motifs is 1. The lowest BCUT2D eigenvalue weighted by molar-refractivity contribution is -0.192. The number of pyridine rings is 1. The maximum atomic E-state index is 10.6. The van der Waals surface area contributed by atoms with Crippen LogP contribution >= 0.6 is 0 Å². The zero-order valence-corrected chi connectivity index (χ0v) is 9.35. The van der Waals surface area contributed by atoms with Gasteiger partial charge in [-0.1, -0.05) is 6.07 Å².